The minimum Gasteiger partial charge on any atom is -0.479 e. The zero-order chi connectivity index (χ0) is 15.4. The lowest BCUT2D eigenvalue weighted by atomic mass is 10.1. The third-order valence-corrected chi connectivity index (χ3v) is 3.15. The van der Waals surface area contributed by atoms with Crippen molar-refractivity contribution in [3.63, 3.8) is 0 Å². The number of hydrogen-bond acceptors (Lipinski definition) is 4. The molecule has 0 fully saturated rings. The van der Waals surface area contributed by atoms with Crippen LogP contribution in [0.1, 0.15) is 22.1 Å². The van der Waals surface area contributed by atoms with Gasteiger partial charge in [0.2, 0.25) is 0 Å². The first kappa shape index (κ1) is 15.2. The van der Waals surface area contributed by atoms with Crippen molar-refractivity contribution in [2.45, 2.75) is 6.04 Å². The van der Waals surface area contributed by atoms with Crippen molar-refractivity contribution in [3.8, 4) is 0 Å². The molecule has 0 saturated heterocycles. The maximum Gasteiger partial charge on any atom is 0.330 e. The first-order chi connectivity index (χ1) is 9.99. The van der Waals surface area contributed by atoms with E-state index in [0.717, 1.165) is 0 Å². The molecule has 1 heterocycles. The molecule has 0 saturated carbocycles. The molecular formula is C13H9Cl2N3O3. The van der Waals surface area contributed by atoms with Crippen LogP contribution in [0.4, 0.5) is 0 Å². The van der Waals surface area contributed by atoms with E-state index in [4.69, 9.17) is 23.2 Å². The first-order valence-corrected chi connectivity index (χ1v) is 6.52. The highest BCUT2D eigenvalue weighted by Gasteiger charge is 2.25. The summed E-state index contributed by atoms with van der Waals surface area (Å²) in [5, 5.41) is 19.1. The summed E-state index contributed by atoms with van der Waals surface area (Å²) in [6.07, 6.45) is 0. The molecule has 0 aliphatic rings. The van der Waals surface area contributed by atoms with E-state index in [2.05, 4.69) is 15.5 Å². The van der Waals surface area contributed by atoms with Crippen LogP contribution in [0, 0.1) is 0 Å². The molecule has 108 valence electrons. The maximum atomic E-state index is 12.0. The van der Waals surface area contributed by atoms with Crippen molar-refractivity contribution < 1.29 is 14.7 Å². The van der Waals surface area contributed by atoms with Crippen LogP contribution in [0.3, 0.4) is 0 Å². The van der Waals surface area contributed by atoms with E-state index < -0.39 is 17.9 Å². The van der Waals surface area contributed by atoms with Gasteiger partial charge in [-0.05, 0) is 18.2 Å². The molecule has 2 N–H and O–H groups in total. The molecule has 0 radical (unpaired) electrons. The predicted molar refractivity (Wildman–Crippen MR) is 76.3 cm³/mol. The van der Waals surface area contributed by atoms with Crippen LogP contribution in [0.2, 0.25) is 10.2 Å². The fraction of sp³-hybridized carbons (Fsp3) is 0.0769. The largest absolute Gasteiger partial charge is 0.479 e. The van der Waals surface area contributed by atoms with E-state index in [-0.39, 0.29) is 21.4 Å². The second-order valence-corrected chi connectivity index (χ2v) is 4.80. The summed E-state index contributed by atoms with van der Waals surface area (Å²) in [4.78, 5) is 23.3. The van der Waals surface area contributed by atoms with Crippen LogP contribution in [0.5, 0.6) is 0 Å². The van der Waals surface area contributed by atoms with Crippen LogP contribution in [-0.4, -0.2) is 27.2 Å². The van der Waals surface area contributed by atoms with Crippen molar-refractivity contribution in [3.05, 3.63) is 57.8 Å². The summed E-state index contributed by atoms with van der Waals surface area (Å²) in [5.74, 6) is -1.93. The number of nitrogens with zero attached hydrogens (tertiary/aromatic N) is 2. The average molecular weight is 326 g/mol. The zero-order valence-corrected chi connectivity index (χ0v) is 12.0. The minimum absolute atomic E-state index is 0.0438. The number of halogens is 2. The van der Waals surface area contributed by atoms with Crippen LogP contribution in [-0.2, 0) is 4.79 Å². The van der Waals surface area contributed by atoms with Gasteiger partial charge in [0.1, 0.15) is 0 Å². The van der Waals surface area contributed by atoms with E-state index in [1.165, 1.54) is 18.2 Å². The molecule has 2 rings (SSSR count). The van der Waals surface area contributed by atoms with Gasteiger partial charge in [0, 0.05) is 10.6 Å². The van der Waals surface area contributed by atoms with E-state index in [1.807, 2.05) is 0 Å². The van der Waals surface area contributed by atoms with Gasteiger partial charge in [-0.3, -0.25) is 4.79 Å². The Balaban J connectivity index is 2.25. The van der Waals surface area contributed by atoms with Gasteiger partial charge < -0.3 is 10.4 Å². The fourth-order valence-electron chi connectivity index (χ4n) is 1.62. The van der Waals surface area contributed by atoms with Crippen molar-refractivity contribution in [2.24, 2.45) is 0 Å². The number of carbonyl (C=O) groups is 2. The summed E-state index contributed by atoms with van der Waals surface area (Å²) in [6.45, 7) is 0. The third kappa shape index (κ3) is 3.68. The lowest BCUT2D eigenvalue weighted by Crippen LogP contribution is -2.34. The number of carboxylic acids is 1. The Bertz CT molecular complexity index is 677. The van der Waals surface area contributed by atoms with Crippen molar-refractivity contribution in [1.82, 2.24) is 15.5 Å². The molecule has 0 aliphatic heterocycles. The molecule has 2 aromatic rings. The molecule has 8 heteroatoms. The lowest BCUT2D eigenvalue weighted by molar-refractivity contribution is -0.139. The monoisotopic (exact) mass is 325 g/mol. The van der Waals surface area contributed by atoms with Gasteiger partial charge in [-0.25, -0.2) is 4.79 Å². The molecule has 1 aromatic carbocycles. The standard InChI is InChI=1S/C13H9Cl2N3O3/c14-8-4-2-1-3-7(8)11(13(20)21)16-12(19)9-5-6-10(15)18-17-9/h1-6,11H,(H,16,19)(H,20,21)/t11-/m1/s1. The molecular weight excluding hydrogens is 317 g/mol. The maximum absolute atomic E-state index is 12.0. The second-order valence-electron chi connectivity index (χ2n) is 4.01. The molecule has 0 aliphatic carbocycles. The normalized spacial score (nSPS) is 11.7. The number of carboxylic acid groups (broad SMARTS) is 1. The SMILES string of the molecule is O=C(N[C@@H](C(=O)O)c1ccccc1Cl)c1ccc(Cl)nn1. The Kier molecular flexibility index (Phi) is 4.72. The van der Waals surface area contributed by atoms with Gasteiger partial charge in [-0.1, -0.05) is 41.4 Å². The number of nitrogens with one attached hydrogen (secondary N) is 1. The number of hydrogen-bond donors (Lipinski definition) is 2. The quantitative estimate of drug-likeness (QED) is 0.900. The van der Waals surface area contributed by atoms with E-state index >= 15 is 0 Å². The second kappa shape index (κ2) is 6.51. The third-order valence-electron chi connectivity index (χ3n) is 2.60. The molecule has 0 bridgehead atoms. The topological polar surface area (TPSA) is 92.2 Å². The van der Waals surface area contributed by atoms with E-state index in [0.29, 0.717) is 0 Å². The van der Waals surface area contributed by atoms with Crippen LogP contribution in [0.25, 0.3) is 0 Å². The number of carbonyl (C=O) groups excluding carboxylic acids is 1. The van der Waals surface area contributed by atoms with Gasteiger partial charge in [-0.15, -0.1) is 10.2 Å². The minimum atomic E-state index is -1.29. The van der Waals surface area contributed by atoms with Crippen molar-refractivity contribution in [2.75, 3.05) is 0 Å². The van der Waals surface area contributed by atoms with E-state index in [1.54, 1.807) is 18.2 Å². The average Bonchev–Trinajstić information content (AvgIpc) is 2.46. The summed E-state index contributed by atoms with van der Waals surface area (Å²) < 4.78 is 0. The summed E-state index contributed by atoms with van der Waals surface area (Å²) in [5.41, 5.74) is 0.236. The zero-order valence-electron chi connectivity index (χ0n) is 10.5. The van der Waals surface area contributed by atoms with Crippen LogP contribution in [0.15, 0.2) is 36.4 Å². The highest BCUT2D eigenvalue weighted by Crippen LogP contribution is 2.23. The number of amides is 1. The highest BCUT2D eigenvalue weighted by atomic mass is 35.5. The molecule has 21 heavy (non-hydrogen) atoms. The molecule has 1 aromatic heterocycles. The highest BCUT2D eigenvalue weighted by molar-refractivity contribution is 6.31. The molecule has 0 unspecified atom stereocenters. The lowest BCUT2D eigenvalue weighted by Gasteiger charge is -2.15. The van der Waals surface area contributed by atoms with Crippen molar-refractivity contribution in [1.29, 1.82) is 0 Å². The Labute approximate surface area is 129 Å². The molecule has 6 nitrogen and oxygen atoms in total. The van der Waals surface area contributed by atoms with Gasteiger partial charge in [0.25, 0.3) is 5.91 Å². The number of aromatic nitrogens is 2. The van der Waals surface area contributed by atoms with Gasteiger partial charge in [-0.2, -0.15) is 0 Å². The van der Waals surface area contributed by atoms with Gasteiger partial charge in [0.05, 0.1) is 0 Å². The van der Waals surface area contributed by atoms with Gasteiger partial charge >= 0.3 is 5.97 Å². The van der Waals surface area contributed by atoms with Crippen molar-refractivity contribution >= 4 is 35.1 Å². The first-order valence-electron chi connectivity index (χ1n) is 5.76. The molecule has 0 spiro atoms. The summed E-state index contributed by atoms with van der Waals surface area (Å²) >= 11 is 11.5. The number of benzene rings is 1. The molecule has 1 atom stereocenters. The fourth-order valence-corrected chi connectivity index (χ4v) is 1.97. The number of aliphatic carboxylic acids is 1. The molecule has 1 amide bonds. The smallest absolute Gasteiger partial charge is 0.330 e. The predicted octanol–water partition coefficient (Wildman–Crippen LogP) is 2.34. The van der Waals surface area contributed by atoms with Crippen LogP contribution >= 0.6 is 23.2 Å². The Morgan fingerprint density at radius 2 is 1.81 bits per heavy atom. The Morgan fingerprint density at radius 1 is 1.10 bits per heavy atom. The van der Waals surface area contributed by atoms with E-state index in [9.17, 15) is 14.7 Å². The van der Waals surface area contributed by atoms with Crippen LogP contribution < -0.4 is 5.32 Å². The Hall–Kier alpha value is -2.18. The number of rotatable bonds is 4. The Morgan fingerprint density at radius 3 is 2.38 bits per heavy atom. The summed E-state index contributed by atoms with van der Waals surface area (Å²) in [6, 6.07) is 7.80. The van der Waals surface area contributed by atoms with Gasteiger partial charge in [0.15, 0.2) is 16.9 Å². The summed E-state index contributed by atoms with van der Waals surface area (Å²) in [7, 11) is 0.